The van der Waals surface area contributed by atoms with Gasteiger partial charge < -0.3 is 35.6 Å². The highest BCUT2D eigenvalue weighted by Gasteiger charge is 2.50. The number of rotatable bonds is 4. The van der Waals surface area contributed by atoms with Crippen LogP contribution >= 0.6 is 7.75 Å². The second-order valence-corrected chi connectivity index (χ2v) is 6.21. The molecule has 9 N–H and O–H groups in total. The van der Waals surface area contributed by atoms with Crippen LogP contribution in [0.5, 0.6) is 0 Å². The van der Waals surface area contributed by atoms with Gasteiger partial charge in [-0.05, 0) is 0 Å². The molecule has 14 heteroatoms. The quantitative estimate of drug-likeness (QED) is 0.243. The molecule has 4 atom stereocenters. The molecule has 0 spiro atoms. The molecule has 23 heavy (non-hydrogen) atoms. The Labute approximate surface area is 127 Å². The highest BCUT2D eigenvalue weighted by molar-refractivity contribution is 7.53. The standard InChI is InChI=1S/C9H15N4O9P/c10-3-6(11-9(18)12-7(3)17)13(23(19,20)21)8-5(16)4(15)2(1-14)22-8/h2,4-5,8,14-16H,1,10H2,(H2,19,20,21)(H2,11,12,17,18)/t2-,4-,5-,8?/m1/s1. The minimum absolute atomic E-state index is 0.0719. The number of ether oxygens (including phenoxy) is 1. The Balaban J connectivity index is 2.59. The number of nitrogens with two attached hydrogens (primary N) is 1. The van der Waals surface area contributed by atoms with E-state index in [4.69, 9.17) is 15.6 Å². The number of aliphatic hydroxyl groups excluding tert-OH is 3. The van der Waals surface area contributed by atoms with E-state index in [0.29, 0.717) is 0 Å². The number of hydrogen-bond acceptors (Lipinski definition) is 8. The molecule has 1 aliphatic heterocycles. The Morgan fingerprint density at radius 1 is 1.22 bits per heavy atom. The Morgan fingerprint density at radius 2 is 1.83 bits per heavy atom. The van der Waals surface area contributed by atoms with Crippen molar-refractivity contribution in [2.75, 3.05) is 17.0 Å². The van der Waals surface area contributed by atoms with Crippen LogP contribution in [0.4, 0.5) is 11.5 Å². The van der Waals surface area contributed by atoms with Gasteiger partial charge in [0.1, 0.15) is 24.0 Å². The summed E-state index contributed by atoms with van der Waals surface area (Å²) in [5, 5.41) is 28.6. The molecule has 13 nitrogen and oxygen atoms in total. The van der Waals surface area contributed by atoms with E-state index in [-0.39, 0.29) is 4.67 Å². The van der Waals surface area contributed by atoms with E-state index in [2.05, 4.69) is 0 Å². The van der Waals surface area contributed by atoms with Crippen LogP contribution in [0.15, 0.2) is 9.59 Å². The molecular weight excluding hydrogens is 339 g/mol. The van der Waals surface area contributed by atoms with Gasteiger partial charge in [-0.15, -0.1) is 0 Å². The molecule has 0 amide bonds. The fourth-order valence-corrected chi connectivity index (χ4v) is 3.06. The first kappa shape index (κ1) is 17.6. The van der Waals surface area contributed by atoms with Gasteiger partial charge in [-0.1, -0.05) is 0 Å². The van der Waals surface area contributed by atoms with Crippen molar-refractivity contribution in [2.45, 2.75) is 24.5 Å². The zero-order valence-electron chi connectivity index (χ0n) is 11.4. The van der Waals surface area contributed by atoms with Crippen LogP contribution in [-0.4, -0.2) is 66.2 Å². The average molecular weight is 354 g/mol. The molecule has 0 saturated carbocycles. The molecule has 0 radical (unpaired) electrons. The third kappa shape index (κ3) is 3.16. The third-order valence-corrected chi connectivity index (χ3v) is 4.22. The second-order valence-electron chi connectivity index (χ2n) is 4.76. The molecule has 1 aromatic rings. The summed E-state index contributed by atoms with van der Waals surface area (Å²) >= 11 is 0. The smallest absolute Gasteiger partial charge is 0.394 e. The zero-order valence-corrected chi connectivity index (χ0v) is 12.3. The number of nitrogen functional groups attached to an aromatic ring is 1. The van der Waals surface area contributed by atoms with Gasteiger partial charge >= 0.3 is 13.4 Å². The number of aromatic amines is 2. The van der Waals surface area contributed by atoms with Crippen molar-refractivity contribution in [3.8, 4) is 0 Å². The fourth-order valence-electron chi connectivity index (χ4n) is 2.15. The number of nitrogens with one attached hydrogen (secondary N) is 2. The molecule has 2 rings (SSSR count). The van der Waals surface area contributed by atoms with Crippen LogP contribution in [0.3, 0.4) is 0 Å². The average Bonchev–Trinajstić information content (AvgIpc) is 2.71. The predicted octanol–water partition coefficient (Wildman–Crippen LogP) is -4.02. The number of aliphatic hydroxyl groups is 3. The van der Waals surface area contributed by atoms with Gasteiger partial charge in [-0.3, -0.25) is 14.8 Å². The van der Waals surface area contributed by atoms with Gasteiger partial charge in [0.2, 0.25) is 0 Å². The summed E-state index contributed by atoms with van der Waals surface area (Å²) in [6.07, 6.45) is -6.72. The number of H-pyrrole nitrogens is 2. The van der Waals surface area contributed by atoms with Crippen molar-refractivity contribution in [3.05, 3.63) is 20.8 Å². The van der Waals surface area contributed by atoms with Crippen LogP contribution in [-0.2, 0) is 9.30 Å². The molecule has 1 unspecified atom stereocenters. The molecular formula is C9H15N4O9P. The first-order valence-electron chi connectivity index (χ1n) is 6.17. The van der Waals surface area contributed by atoms with E-state index in [9.17, 15) is 34.2 Å². The summed E-state index contributed by atoms with van der Waals surface area (Å²) in [6.45, 7) is -0.745. The lowest BCUT2D eigenvalue weighted by Crippen LogP contribution is -2.44. The summed E-state index contributed by atoms with van der Waals surface area (Å²) < 4.78 is 16.8. The highest BCUT2D eigenvalue weighted by Crippen LogP contribution is 2.48. The molecule has 1 aromatic heterocycles. The van der Waals surface area contributed by atoms with E-state index in [0.717, 1.165) is 0 Å². The first-order chi connectivity index (χ1) is 10.6. The van der Waals surface area contributed by atoms with E-state index < -0.39 is 61.6 Å². The Morgan fingerprint density at radius 3 is 2.30 bits per heavy atom. The lowest BCUT2D eigenvalue weighted by molar-refractivity contribution is -0.0198. The zero-order chi connectivity index (χ0) is 17.5. The van der Waals surface area contributed by atoms with Gasteiger partial charge in [0.05, 0.1) is 6.61 Å². The lowest BCUT2D eigenvalue weighted by Gasteiger charge is -2.31. The summed E-state index contributed by atoms with van der Waals surface area (Å²) in [6, 6.07) is 0. The van der Waals surface area contributed by atoms with E-state index in [1.54, 1.807) is 4.98 Å². The van der Waals surface area contributed by atoms with E-state index >= 15 is 0 Å². The largest absolute Gasteiger partial charge is 0.433 e. The molecule has 130 valence electrons. The fraction of sp³-hybridized carbons (Fsp3) is 0.556. The summed E-state index contributed by atoms with van der Waals surface area (Å²) in [4.78, 5) is 45.5. The van der Waals surface area contributed by atoms with Crippen molar-refractivity contribution < 1.29 is 34.4 Å². The monoisotopic (exact) mass is 354 g/mol. The van der Waals surface area contributed by atoms with Gasteiger partial charge in [-0.2, -0.15) is 0 Å². The van der Waals surface area contributed by atoms with Crippen LogP contribution in [0.1, 0.15) is 0 Å². The third-order valence-electron chi connectivity index (χ3n) is 3.23. The second kappa shape index (κ2) is 6.05. The Kier molecular flexibility index (Phi) is 4.64. The van der Waals surface area contributed by atoms with Gasteiger partial charge in [0.25, 0.3) is 5.56 Å². The van der Waals surface area contributed by atoms with Crippen molar-refractivity contribution >= 4 is 19.3 Å². The van der Waals surface area contributed by atoms with Gasteiger partial charge in [-0.25, -0.2) is 14.0 Å². The van der Waals surface area contributed by atoms with Crippen LogP contribution in [0.25, 0.3) is 0 Å². The molecule has 1 saturated heterocycles. The summed E-state index contributed by atoms with van der Waals surface area (Å²) in [5.41, 5.74) is 2.45. The Bertz CT molecular complexity index is 741. The van der Waals surface area contributed by atoms with Crippen molar-refractivity contribution in [1.82, 2.24) is 9.97 Å². The first-order valence-corrected chi connectivity index (χ1v) is 7.74. The lowest BCUT2D eigenvalue weighted by atomic mass is 10.1. The van der Waals surface area contributed by atoms with Crippen LogP contribution in [0.2, 0.25) is 0 Å². The minimum atomic E-state index is -5.26. The maximum atomic E-state index is 11.7. The number of aromatic nitrogens is 2. The number of nitrogens with zero attached hydrogens (tertiary/aromatic N) is 1. The maximum absolute atomic E-state index is 11.7. The normalized spacial score (nSPS) is 28.0. The molecule has 0 aromatic carbocycles. The van der Waals surface area contributed by atoms with E-state index in [1.165, 1.54) is 0 Å². The predicted molar refractivity (Wildman–Crippen MR) is 74.4 cm³/mol. The van der Waals surface area contributed by atoms with Crippen molar-refractivity contribution in [2.24, 2.45) is 0 Å². The molecule has 0 bridgehead atoms. The summed E-state index contributed by atoms with van der Waals surface area (Å²) in [7, 11) is -5.26. The summed E-state index contributed by atoms with van der Waals surface area (Å²) in [5.74, 6) is -0.790. The van der Waals surface area contributed by atoms with Crippen molar-refractivity contribution in [1.29, 1.82) is 0 Å². The minimum Gasteiger partial charge on any atom is -0.394 e. The highest BCUT2D eigenvalue weighted by atomic mass is 31.2. The molecule has 1 aliphatic rings. The Hall–Kier alpha value is -1.73. The maximum Gasteiger partial charge on any atom is 0.433 e. The van der Waals surface area contributed by atoms with Gasteiger partial charge in [0, 0.05) is 0 Å². The van der Waals surface area contributed by atoms with Crippen molar-refractivity contribution in [3.63, 3.8) is 0 Å². The van der Waals surface area contributed by atoms with Crippen LogP contribution < -0.4 is 21.7 Å². The topological polar surface area (TPSA) is 222 Å². The number of hydrogen-bond donors (Lipinski definition) is 8. The van der Waals surface area contributed by atoms with Gasteiger partial charge in [0.15, 0.2) is 12.0 Å². The number of anilines is 2. The molecule has 0 aliphatic carbocycles. The van der Waals surface area contributed by atoms with E-state index in [1.807, 2.05) is 4.98 Å². The SMILES string of the molecule is Nc1c(N(C2O[C@H](CO)[C@@H](O)[C@H]2O)P(=O)(O)O)[nH]c(=O)[nH]c1=O. The van der Waals surface area contributed by atoms with Crippen LogP contribution in [0, 0.1) is 0 Å². The molecule has 1 fully saturated rings. The molecule has 2 heterocycles.